The average Bonchev–Trinajstić information content (AvgIpc) is 2.26. The maximum absolute atomic E-state index is 11.1. The summed E-state index contributed by atoms with van der Waals surface area (Å²) in [7, 11) is -4.21. The predicted octanol–water partition coefficient (Wildman–Crippen LogP) is 1.58. The van der Waals surface area contributed by atoms with Crippen molar-refractivity contribution in [2.45, 2.75) is 11.5 Å². The van der Waals surface area contributed by atoms with E-state index < -0.39 is 10.1 Å². The first-order chi connectivity index (χ1) is 7.52. The molecule has 0 fully saturated rings. The zero-order valence-electron chi connectivity index (χ0n) is 8.29. The van der Waals surface area contributed by atoms with Gasteiger partial charge in [-0.25, -0.2) is 0 Å². The van der Waals surface area contributed by atoms with Gasteiger partial charge in [0.2, 0.25) is 0 Å². The Hall–Kier alpha value is -1.43. The Bertz CT molecular complexity index is 631. The molecule has 0 radical (unpaired) electrons. The molecule has 4 nitrogen and oxygen atoms in total. The lowest BCUT2D eigenvalue weighted by molar-refractivity contribution is 0.282. The highest BCUT2D eigenvalue weighted by Crippen LogP contribution is 2.23. The summed E-state index contributed by atoms with van der Waals surface area (Å²) in [6, 6.07) is 9.50. The molecular formula is C11H10O4S. The summed E-state index contributed by atoms with van der Waals surface area (Å²) in [4.78, 5) is -0.116. The first kappa shape index (κ1) is 11.1. The van der Waals surface area contributed by atoms with E-state index in [2.05, 4.69) is 0 Å². The first-order valence-electron chi connectivity index (χ1n) is 4.62. The van der Waals surface area contributed by atoms with Gasteiger partial charge in [0.1, 0.15) is 4.90 Å². The van der Waals surface area contributed by atoms with E-state index in [4.69, 9.17) is 9.66 Å². The number of aliphatic hydroxyl groups is 1. The van der Waals surface area contributed by atoms with E-state index in [-0.39, 0.29) is 11.5 Å². The van der Waals surface area contributed by atoms with Crippen LogP contribution in [0, 0.1) is 0 Å². The van der Waals surface area contributed by atoms with E-state index in [0.29, 0.717) is 16.3 Å². The second kappa shape index (κ2) is 3.86. The lowest BCUT2D eigenvalue weighted by Crippen LogP contribution is -1.99. The van der Waals surface area contributed by atoms with Crippen molar-refractivity contribution < 1.29 is 18.1 Å². The van der Waals surface area contributed by atoms with Crippen LogP contribution in [0.2, 0.25) is 0 Å². The van der Waals surface area contributed by atoms with Crippen molar-refractivity contribution >= 4 is 20.9 Å². The summed E-state index contributed by atoms with van der Waals surface area (Å²) < 4.78 is 31.3. The first-order valence-corrected chi connectivity index (χ1v) is 6.06. The number of hydrogen-bond acceptors (Lipinski definition) is 3. The Morgan fingerprint density at radius 1 is 1.12 bits per heavy atom. The van der Waals surface area contributed by atoms with Gasteiger partial charge in [-0.15, -0.1) is 0 Å². The standard InChI is InChI=1S/C11H10O4S/c12-7-8-4-5-10-9(6-8)2-1-3-11(10)16(13,14)15/h1-6,12H,7H2,(H,13,14,15). The highest BCUT2D eigenvalue weighted by Gasteiger charge is 2.13. The molecular weight excluding hydrogens is 228 g/mol. The van der Waals surface area contributed by atoms with Gasteiger partial charge in [-0.2, -0.15) is 8.42 Å². The largest absolute Gasteiger partial charge is 0.392 e. The molecule has 0 bridgehead atoms. The molecule has 0 heterocycles. The third kappa shape index (κ3) is 1.92. The van der Waals surface area contributed by atoms with E-state index in [0.717, 1.165) is 0 Å². The van der Waals surface area contributed by atoms with Crippen molar-refractivity contribution in [2.75, 3.05) is 0 Å². The molecule has 0 saturated heterocycles. The SMILES string of the molecule is O=S(=O)(O)c1cccc2cc(CO)ccc12. The zero-order chi connectivity index (χ0) is 11.8. The van der Waals surface area contributed by atoms with Crippen LogP contribution in [0.3, 0.4) is 0 Å². The van der Waals surface area contributed by atoms with Crippen LogP contribution in [-0.4, -0.2) is 18.1 Å². The molecule has 0 amide bonds. The predicted molar refractivity (Wildman–Crippen MR) is 59.7 cm³/mol. The van der Waals surface area contributed by atoms with Crippen LogP contribution in [0.5, 0.6) is 0 Å². The van der Waals surface area contributed by atoms with Crippen LogP contribution < -0.4 is 0 Å². The molecule has 0 aliphatic rings. The molecule has 0 aliphatic carbocycles. The Labute approximate surface area is 92.9 Å². The third-order valence-electron chi connectivity index (χ3n) is 2.37. The Morgan fingerprint density at radius 2 is 1.88 bits per heavy atom. The van der Waals surface area contributed by atoms with Crippen molar-refractivity contribution in [2.24, 2.45) is 0 Å². The topological polar surface area (TPSA) is 74.6 Å². The molecule has 2 aromatic rings. The van der Waals surface area contributed by atoms with Gasteiger partial charge < -0.3 is 5.11 Å². The van der Waals surface area contributed by atoms with Crippen molar-refractivity contribution in [3.63, 3.8) is 0 Å². The van der Waals surface area contributed by atoms with Crippen molar-refractivity contribution in [1.29, 1.82) is 0 Å². The number of fused-ring (bicyclic) bond motifs is 1. The fourth-order valence-electron chi connectivity index (χ4n) is 1.63. The van der Waals surface area contributed by atoms with E-state index in [1.54, 1.807) is 30.3 Å². The fraction of sp³-hybridized carbons (Fsp3) is 0.0909. The molecule has 0 atom stereocenters. The van der Waals surface area contributed by atoms with Crippen LogP contribution >= 0.6 is 0 Å². The maximum Gasteiger partial charge on any atom is 0.295 e. The third-order valence-corrected chi connectivity index (χ3v) is 3.28. The van der Waals surface area contributed by atoms with Gasteiger partial charge in [-0.05, 0) is 23.1 Å². The normalized spacial score (nSPS) is 11.9. The average molecular weight is 238 g/mol. The molecule has 0 unspecified atom stereocenters. The monoisotopic (exact) mass is 238 g/mol. The van der Waals surface area contributed by atoms with Gasteiger partial charge in [0, 0.05) is 5.39 Å². The molecule has 16 heavy (non-hydrogen) atoms. The lowest BCUT2D eigenvalue weighted by Gasteiger charge is -2.04. The summed E-state index contributed by atoms with van der Waals surface area (Å²) in [5, 5.41) is 10.1. The van der Waals surface area contributed by atoms with Crippen LogP contribution in [0.25, 0.3) is 10.8 Å². The molecule has 2 aromatic carbocycles. The van der Waals surface area contributed by atoms with E-state index in [1.807, 2.05) is 0 Å². The molecule has 2 rings (SSSR count). The van der Waals surface area contributed by atoms with Crippen molar-refractivity contribution in [3.05, 3.63) is 42.0 Å². The molecule has 0 aliphatic heterocycles. The second-order valence-corrected chi connectivity index (χ2v) is 4.83. The van der Waals surface area contributed by atoms with Crippen LogP contribution in [0.4, 0.5) is 0 Å². The molecule has 2 N–H and O–H groups in total. The highest BCUT2D eigenvalue weighted by atomic mass is 32.2. The maximum atomic E-state index is 11.1. The van der Waals surface area contributed by atoms with Crippen LogP contribution in [0.1, 0.15) is 5.56 Å². The number of rotatable bonds is 2. The molecule has 0 aromatic heterocycles. The smallest absolute Gasteiger partial charge is 0.295 e. The Balaban J connectivity index is 2.80. The quantitative estimate of drug-likeness (QED) is 0.779. The van der Waals surface area contributed by atoms with E-state index in [1.165, 1.54) is 6.07 Å². The van der Waals surface area contributed by atoms with Gasteiger partial charge >= 0.3 is 0 Å². The summed E-state index contributed by atoms with van der Waals surface area (Å²) in [5.41, 5.74) is 0.694. The second-order valence-electron chi connectivity index (χ2n) is 3.44. The summed E-state index contributed by atoms with van der Waals surface area (Å²) in [6.45, 7) is -0.105. The van der Waals surface area contributed by atoms with E-state index in [9.17, 15) is 8.42 Å². The van der Waals surface area contributed by atoms with E-state index >= 15 is 0 Å². The van der Waals surface area contributed by atoms with Gasteiger partial charge in [-0.1, -0.05) is 24.3 Å². The minimum Gasteiger partial charge on any atom is -0.392 e. The zero-order valence-corrected chi connectivity index (χ0v) is 9.11. The number of hydrogen-bond donors (Lipinski definition) is 2. The summed E-state index contributed by atoms with van der Waals surface area (Å²) in [5.74, 6) is 0. The number of aliphatic hydroxyl groups excluding tert-OH is 1. The molecule has 5 heteroatoms. The van der Waals surface area contributed by atoms with Crippen molar-refractivity contribution in [3.8, 4) is 0 Å². The fourth-order valence-corrected chi connectivity index (χ4v) is 2.34. The number of benzene rings is 2. The molecule has 0 saturated carbocycles. The van der Waals surface area contributed by atoms with Gasteiger partial charge in [0.05, 0.1) is 6.61 Å². The minimum absolute atomic E-state index is 0.105. The lowest BCUT2D eigenvalue weighted by atomic mass is 10.1. The summed E-state index contributed by atoms with van der Waals surface area (Å²) in [6.07, 6.45) is 0. The van der Waals surface area contributed by atoms with Gasteiger partial charge in [0.25, 0.3) is 10.1 Å². The molecule has 84 valence electrons. The Morgan fingerprint density at radius 3 is 2.50 bits per heavy atom. The van der Waals surface area contributed by atoms with Crippen molar-refractivity contribution in [1.82, 2.24) is 0 Å². The molecule has 0 spiro atoms. The van der Waals surface area contributed by atoms with Gasteiger partial charge in [0.15, 0.2) is 0 Å². The van der Waals surface area contributed by atoms with Crippen LogP contribution in [-0.2, 0) is 16.7 Å². The highest BCUT2D eigenvalue weighted by molar-refractivity contribution is 7.86. The van der Waals surface area contributed by atoms with Gasteiger partial charge in [-0.3, -0.25) is 4.55 Å². The Kier molecular flexibility index (Phi) is 2.67. The minimum atomic E-state index is -4.21. The van der Waals surface area contributed by atoms with Crippen LogP contribution in [0.15, 0.2) is 41.3 Å². The summed E-state index contributed by atoms with van der Waals surface area (Å²) >= 11 is 0.